The average molecular weight is 361 g/mol. The normalized spacial score (nSPS) is 11.0. The van der Waals surface area contributed by atoms with Crippen LogP contribution in [0.3, 0.4) is 0 Å². The monoisotopic (exact) mass is 360 g/mol. The third-order valence-electron chi connectivity index (χ3n) is 2.85. The number of hydrogen-bond donors (Lipinski definition) is 1. The van der Waals surface area contributed by atoms with Crippen molar-refractivity contribution >= 4 is 27.5 Å². The zero-order chi connectivity index (χ0) is 15.7. The molecule has 2 aromatic rings. The third-order valence-corrected chi connectivity index (χ3v) is 3.28. The fourth-order valence-corrected chi connectivity index (χ4v) is 2.33. The molecule has 2 rings (SSSR count). The summed E-state index contributed by atoms with van der Waals surface area (Å²) in [5.41, 5.74) is -0.436. The lowest BCUT2D eigenvalue weighted by Gasteiger charge is -2.13. The van der Waals surface area contributed by atoms with Crippen LogP contribution in [0.15, 0.2) is 28.9 Å². The van der Waals surface area contributed by atoms with Gasteiger partial charge in [-0.25, -0.2) is 13.2 Å². The van der Waals surface area contributed by atoms with E-state index in [0.717, 1.165) is 0 Å². The van der Waals surface area contributed by atoms with Crippen molar-refractivity contribution < 1.29 is 18.0 Å². The Labute approximate surface area is 127 Å². The van der Waals surface area contributed by atoms with E-state index >= 15 is 0 Å². The first-order valence-electron chi connectivity index (χ1n) is 6.13. The van der Waals surface area contributed by atoms with Crippen LogP contribution in [-0.2, 0) is 0 Å². The van der Waals surface area contributed by atoms with Gasteiger partial charge in [0.1, 0.15) is 17.2 Å². The Morgan fingerprint density at radius 1 is 1.19 bits per heavy atom. The summed E-state index contributed by atoms with van der Waals surface area (Å²) in [5, 5.41) is 2.13. The SMILES string of the molecule is CC(C)n1cc(Br)cc1C(=O)Nc1c(F)cc(F)cc1F. The molecule has 1 aromatic heterocycles. The van der Waals surface area contributed by atoms with Crippen LogP contribution >= 0.6 is 15.9 Å². The van der Waals surface area contributed by atoms with Crippen LogP contribution in [-0.4, -0.2) is 10.5 Å². The minimum Gasteiger partial charge on any atom is -0.340 e. The molecule has 0 saturated heterocycles. The van der Waals surface area contributed by atoms with E-state index in [1.165, 1.54) is 6.07 Å². The number of hydrogen-bond acceptors (Lipinski definition) is 1. The largest absolute Gasteiger partial charge is 0.340 e. The van der Waals surface area contributed by atoms with Crippen LogP contribution in [0, 0.1) is 17.5 Å². The molecule has 1 amide bonds. The fourth-order valence-electron chi connectivity index (χ4n) is 1.89. The Kier molecular flexibility index (Phi) is 4.41. The summed E-state index contributed by atoms with van der Waals surface area (Å²) in [6.45, 7) is 3.73. The van der Waals surface area contributed by atoms with Crippen molar-refractivity contribution in [3.63, 3.8) is 0 Å². The summed E-state index contributed by atoms with van der Waals surface area (Å²) in [7, 11) is 0. The average Bonchev–Trinajstić information content (AvgIpc) is 2.76. The van der Waals surface area contributed by atoms with Crippen molar-refractivity contribution in [2.45, 2.75) is 19.9 Å². The van der Waals surface area contributed by atoms with Crippen molar-refractivity contribution in [2.24, 2.45) is 0 Å². The molecule has 3 nitrogen and oxygen atoms in total. The molecular formula is C14H12BrF3N2O. The predicted molar refractivity (Wildman–Crippen MR) is 76.8 cm³/mol. The van der Waals surface area contributed by atoms with E-state index in [4.69, 9.17) is 0 Å². The highest BCUT2D eigenvalue weighted by Crippen LogP contribution is 2.23. The summed E-state index contributed by atoms with van der Waals surface area (Å²) in [4.78, 5) is 12.2. The van der Waals surface area contributed by atoms with Crippen LogP contribution in [0.25, 0.3) is 0 Å². The molecule has 0 unspecified atom stereocenters. The van der Waals surface area contributed by atoms with Gasteiger partial charge in [-0.1, -0.05) is 0 Å². The van der Waals surface area contributed by atoms with E-state index in [-0.39, 0.29) is 11.7 Å². The lowest BCUT2D eigenvalue weighted by atomic mass is 10.2. The predicted octanol–water partition coefficient (Wildman–Crippen LogP) is 4.50. The molecule has 112 valence electrons. The molecule has 0 radical (unpaired) electrons. The van der Waals surface area contributed by atoms with Crippen molar-refractivity contribution in [3.05, 3.63) is 52.0 Å². The first-order valence-corrected chi connectivity index (χ1v) is 6.92. The molecule has 0 aliphatic rings. The fraction of sp³-hybridized carbons (Fsp3) is 0.214. The summed E-state index contributed by atoms with van der Waals surface area (Å²) < 4.78 is 42.2. The second-order valence-corrected chi connectivity index (χ2v) is 5.66. The first-order chi connectivity index (χ1) is 9.79. The molecule has 0 saturated carbocycles. The highest BCUT2D eigenvalue weighted by molar-refractivity contribution is 9.10. The van der Waals surface area contributed by atoms with E-state index < -0.39 is 29.0 Å². The molecule has 0 aliphatic heterocycles. The number of anilines is 1. The van der Waals surface area contributed by atoms with Gasteiger partial charge in [0.25, 0.3) is 5.91 Å². The van der Waals surface area contributed by atoms with E-state index in [1.54, 1.807) is 10.8 Å². The molecule has 0 aliphatic carbocycles. The quantitative estimate of drug-likeness (QED) is 0.858. The first kappa shape index (κ1) is 15.6. The molecule has 1 N–H and O–H groups in total. The molecule has 7 heteroatoms. The molecular weight excluding hydrogens is 349 g/mol. The van der Waals surface area contributed by atoms with E-state index in [0.29, 0.717) is 16.6 Å². The van der Waals surface area contributed by atoms with Gasteiger partial charge < -0.3 is 9.88 Å². The standard InChI is InChI=1S/C14H12BrF3N2O/c1-7(2)20-6-8(15)3-12(20)14(21)19-13-10(17)4-9(16)5-11(13)18/h3-7H,1-2H3,(H,19,21). The number of carbonyl (C=O) groups excluding carboxylic acids is 1. The lowest BCUT2D eigenvalue weighted by molar-refractivity contribution is 0.101. The maximum atomic E-state index is 13.5. The van der Waals surface area contributed by atoms with Crippen molar-refractivity contribution in [1.29, 1.82) is 0 Å². The minimum atomic E-state index is -1.16. The zero-order valence-electron chi connectivity index (χ0n) is 11.3. The lowest BCUT2D eigenvalue weighted by Crippen LogP contribution is -2.19. The van der Waals surface area contributed by atoms with E-state index in [2.05, 4.69) is 21.2 Å². The second kappa shape index (κ2) is 5.93. The maximum absolute atomic E-state index is 13.5. The molecule has 0 fully saturated rings. The smallest absolute Gasteiger partial charge is 0.272 e. The number of amides is 1. The summed E-state index contributed by atoms with van der Waals surface area (Å²) in [5.74, 6) is -4.06. The van der Waals surface area contributed by atoms with Gasteiger partial charge in [-0.05, 0) is 35.8 Å². The van der Waals surface area contributed by atoms with Gasteiger partial charge >= 0.3 is 0 Å². The highest BCUT2D eigenvalue weighted by atomic mass is 79.9. The zero-order valence-corrected chi connectivity index (χ0v) is 12.8. The van der Waals surface area contributed by atoms with Crippen LogP contribution in [0.1, 0.15) is 30.4 Å². The maximum Gasteiger partial charge on any atom is 0.272 e. The number of nitrogens with one attached hydrogen (secondary N) is 1. The number of aromatic nitrogens is 1. The molecule has 1 heterocycles. The Morgan fingerprint density at radius 2 is 1.76 bits per heavy atom. The van der Waals surface area contributed by atoms with Crippen LogP contribution < -0.4 is 5.32 Å². The van der Waals surface area contributed by atoms with Gasteiger partial charge in [-0.2, -0.15) is 0 Å². The molecule has 0 spiro atoms. The molecule has 21 heavy (non-hydrogen) atoms. The Balaban J connectivity index is 2.35. The van der Waals surface area contributed by atoms with Gasteiger partial charge in [0.2, 0.25) is 0 Å². The number of carbonyl (C=O) groups is 1. The number of nitrogens with zero attached hydrogens (tertiary/aromatic N) is 1. The van der Waals surface area contributed by atoms with Crippen molar-refractivity contribution in [3.8, 4) is 0 Å². The van der Waals surface area contributed by atoms with Gasteiger partial charge in [-0.3, -0.25) is 4.79 Å². The summed E-state index contributed by atoms with van der Waals surface area (Å²) in [6.07, 6.45) is 1.69. The Morgan fingerprint density at radius 3 is 2.29 bits per heavy atom. The molecule has 0 bridgehead atoms. The van der Waals surface area contributed by atoms with Crippen LogP contribution in [0.2, 0.25) is 0 Å². The minimum absolute atomic E-state index is 0.0139. The van der Waals surface area contributed by atoms with Gasteiger partial charge in [0.05, 0.1) is 0 Å². The van der Waals surface area contributed by atoms with E-state index in [1.807, 2.05) is 13.8 Å². The van der Waals surface area contributed by atoms with Crippen molar-refractivity contribution in [2.75, 3.05) is 5.32 Å². The van der Waals surface area contributed by atoms with Gasteiger partial charge in [0, 0.05) is 28.8 Å². The van der Waals surface area contributed by atoms with E-state index in [9.17, 15) is 18.0 Å². The van der Waals surface area contributed by atoms with Crippen LogP contribution in [0.4, 0.5) is 18.9 Å². The topological polar surface area (TPSA) is 34.0 Å². The summed E-state index contributed by atoms with van der Waals surface area (Å²) in [6, 6.07) is 2.54. The van der Waals surface area contributed by atoms with Gasteiger partial charge in [-0.15, -0.1) is 0 Å². The van der Waals surface area contributed by atoms with Crippen LogP contribution in [0.5, 0.6) is 0 Å². The highest BCUT2D eigenvalue weighted by Gasteiger charge is 2.19. The van der Waals surface area contributed by atoms with Crippen molar-refractivity contribution in [1.82, 2.24) is 4.57 Å². The Hall–Kier alpha value is -1.76. The van der Waals surface area contributed by atoms with Gasteiger partial charge in [0.15, 0.2) is 11.6 Å². The second-order valence-electron chi connectivity index (χ2n) is 4.74. The summed E-state index contributed by atoms with van der Waals surface area (Å²) >= 11 is 3.24. The number of benzene rings is 1. The molecule has 1 aromatic carbocycles. The third kappa shape index (κ3) is 3.29. The number of rotatable bonds is 3. The number of halogens is 4. The Bertz CT molecular complexity index is 675. The molecule has 0 atom stereocenters.